The highest BCUT2D eigenvalue weighted by atomic mass is 17.7. The molecule has 0 N–H and O–H groups in total. The van der Waals surface area contributed by atoms with Crippen LogP contribution in [0.3, 0.4) is 0 Å². The summed E-state index contributed by atoms with van der Waals surface area (Å²) in [4.78, 5) is 29.4. The number of carbonyl (C=O) groups excluding carboxylic acids is 2. The van der Waals surface area contributed by atoms with E-state index in [0.717, 1.165) is 12.8 Å². The maximum atomic E-state index is 10.8. The lowest BCUT2D eigenvalue weighted by atomic mass is 10.4. The molecule has 0 aromatic heterocycles. The second-order valence-electron chi connectivity index (χ2n) is 3.21. The molecule has 0 atom stereocenters. The van der Waals surface area contributed by atoms with Crippen molar-refractivity contribution in [3.05, 3.63) is 0 Å². The van der Waals surface area contributed by atoms with E-state index in [2.05, 4.69) is 29.3 Å². The smallest absolute Gasteiger partial charge is 0.432 e. The molecule has 0 bridgehead atoms. The van der Waals surface area contributed by atoms with E-state index in [9.17, 15) is 9.59 Å². The summed E-state index contributed by atoms with van der Waals surface area (Å²) < 4.78 is 9.06. The van der Waals surface area contributed by atoms with Crippen LogP contribution in [0.15, 0.2) is 0 Å². The van der Waals surface area contributed by atoms with Gasteiger partial charge < -0.3 is 9.47 Å². The van der Waals surface area contributed by atoms with Crippen molar-refractivity contribution in [3.63, 3.8) is 0 Å². The van der Waals surface area contributed by atoms with E-state index in [0.29, 0.717) is 12.8 Å². The first-order valence-corrected chi connectivity index (χ1v) is 5.72. The summed E-state index contributed by atoms with van der Waals surface area (Å²) in [5.41, 5.74) is 0. The fraction of sp³-hybridized carbons (Fsp3) is 0.800. The molecule has 0 unspecified atom stereocenters. The van der Waals surface area contributed by atoms with Crippen LogP contribution in [0.25, 0.3) is 0 Å². The molecule has 0 radical (unpaired) electrons. The Balaban J connectivity index is 3.32. The molecule has 0 saturated carbocycles. The van der Waals surface area contributed by atoms with Crippen molar-refractivity contribution in [3.8, 4) is 0 Å². The van der Waals surface area contributed by atoms with Gasteiger partial charge in [-0.3, -0.25) is 0 Å². The molecule has 0 aromatic carbocycles. The van der Waals surface area contributed by atoms with Gasteiger partial charge in [-0.25, -0.2) is 19.4 Å². The van der Waals surface area contributed by atoms with Crippen LogP contribution in [-0.4, -0.2) is 25.5 Å². The van der Waals surface area contributed by atoms with E-state index in [1.54, 1.807) is 0 Å². The number of carbonyl (C=O) groups is 2. The van der Waals surface area contributed by atoms with Gasteiger partial charge in [0.2, 0.25) is 0 Å². The summed E-state index contributed by atoms with van der Waals surface area (Å²) in [5.74, 6) is 0. The number of hydrogen-bond acceptors (Lipinski definition) is 8. The Morgan fingerprint density at radius 1 is 0.778 bits per heavy atom. The molecule has 0 spiro atoms. The van der Waals surface area contributed by atoms with E-state index in [4.69, 9.17) is 0 Å². The Hall–Kier alpha value is -1.54. The fourth-order valence-electron chi connectivity index (χ4n) is 0.731. The highest BCUT2D eigenvalue weighted by Crippen LogP contribution is 1.95. The SMILES string of the molecule is CCCCOC(=O)OOOOC(=O)OCCCC. The van der Waals surface area contributed by atoms with Crippen LogP contribution in [0.5, 0.6) is 0 Å². The molecule has 0 amide bonds. The fourth-order valence-corrected chi connectivity index (χ4v) is 0.731. The predicted octanol–water partition coefficient (Wildman–Crippen LogP) is 2.67. The van der Waals surface area contributed by atoms with E-state index in [-0.39, 0.29) is 13.2 Å². The average molecular weight is 266 g/mol. The molecule has 0 heterocycles. The zero-order valence-electron chi connectivity index (χ0n) is 10.5. The third-order valence-corrected chi connectivity index (χ3v) is 1.67. The summed E-state index contributed by atoms with van der Waals surface area (Å²) in [7, 11) is 0. The van der Waals surface area contributed by atoms with Gasteiger partial charge >= 0.3 is 12.3 Å². The standard InChI is InChI=1S/C10H18O8/c1-3-5-7-13-9(11)15-17-18-16-10(12)14-8-6-4-2/h3-8H2,1-2H3. The van der Waals surface area contributed by atoms with Crippen molar-refractivity contribution in [2.75, 3.05) is 13.2 Å². The van der Waals surface area contributed by atoms with Gasteiger partial charge in [0.25, 0.3) is 0 Å². The van der Waals surface area contributed by atoms with Crippen LogP contribution in [0.1, 0.15) is 39.5 Å². The van der Waals surface area contributed by atoms with Crippen molar-refractivity contribution in [1.29, 1.82) is 0 Å². The molecule has 106 valence electrons. The van der Waals surface area contributed by atoms with E-state index >= 15 is 0 Å². The predicted molar refractivity (Wildman–Crippen MR) is 56.9 cm³/mol. The van der Waals surface area contributed by atoms with E-state index in [1.807, 2.05) is 13.8 Å². The molecular formula is C10H18O8. The maximum Gasteiger partial charge on any atom is 0.542 e. The topological polar surface area (TPSA) is 89.5 Å². The molecule has 8 heteroatoms. The summed E-state index contributed by atoms with van der Waals surface area (Å²) in [6.45, 7) is 4.29. The quantitative estimate of drug-likeness (QED) is 0.272. The Labute approximate surface area is 105 Å². The second kappa shape index (κ2) is 11.9. The van der Waals surface area contributed by atoms with Gasteiger partial charge in [-0.1, -0.05) is 26.7 Å². The number of rotatable bonds is 9. The number of unbranched alkanes of at least 4 members (excludes halogenated alkanes) is 2. The van der Waals surface area contributed by atoms with Gasteiger partial charge in [0.15, 0.2) is 0 Å². The average Bonchev–Trinajstić information content (AvgIpc) is 2.35. The van der Waals surface area contributed by atoms with Gasteiger partial charge in [-0.05, 0) is 12.8 Å². The summed E-state index contributed by atoms with van der Waals surface area (Å²) >= 11 is 0. The van der Waals surface area contributed by atoms with Crippen LogP contribution in [-0.2, 0) is 29.3 Å². The molecule has 8 nitrogen and oxygen atoms in total. The monoisotopic (exact) mass is 266 g/mol. The van der Waals surface area contributed by atoms with Crippen molar-refractivity contribution >= 4 is 12.3 Å². The Morgan fingerprint density at radius 2 is 1.17 bits per heavy atom. The van der Waals surface area contributed by atoms with E-state index < -0.39 is 12.3 Å². The molecule has 0 aliphatic carbocycles. The minimum absolute atomic E-state index is 0.207. The molecule has 0 aromatic rings. The molecule has 0 rings (SSSR count). The first kappa shape index (κ1) is 16.5. The van der Waals surface area contributed by atoms with Crippen LogP contribution in [0, 0.1) is 0 Å². The van der Waals surface area contributed by atoms with Gasteiger partial charge in [0.1, 0.15) is 0 Å². The minimum Gasteiger partial charge on any atom is -0.432 e. The third-order valence-electron chi connectivity index (χ3n) is 1.67. The molecular weight excluding hydrogens is 248 g/mol. The molecule has 18 heavy (non-hydrogen) atoms. The molecule has 0 aliphatic rings. The van der Waals surface area contributed by atoms with Gasteiger partial charge in [0.05, 0.1) is 13.2 Å². The van der Waals surface area contributed by atoms with Crippen LogP contribution in [0.4, 0.5) is 9.59 Å². The zero-order chi connectivity index (χ0) is 13.6. The van der Waals surface area contributed by atoms with Crippen molar-refractivity contribution in [2.45, 2.75) is 39.5 Å². The summed E-state index contributed by atoms with van der Waals surface area (Å²) in [5, 5.41) is 7.61. The maximum absolute atomic E-state index is 10.8. The molecule has 0 aliphatic heterocycles. The zero-order valence-corrected chi connectivity index (χ0v) is 10.5. The third kappa shape index (κ3) is 11.0. The highest BCUT2D eigenvalue weighted by Gasteiger charge is 2.09. The second-order valence-corrected chi connectivity index (χ2v) is 3.21. The largest absolute Gasteiger partial charge is 0.542 e. The van der Waals surface area contributed by atoms with Crippen LogP contribution < -0.4 is 0 Å². The van der Waals surface area contributed by atoms with Crippen molar-refractivity contribution < 1.29 is 38.9 Å². The lowest BCUT2D eigenvalue weighted by molar-refractivity contribution is -0.601. The Kier molecular flexibility index (Phi) is 10.9. The van der Waals surface area contributed by atoms with Gasteiger partial charge in [0, 0.05) is 10.1 Å². The van der Waals surface area contributed by atoms with E-state index in [1.165, 1.54) is 0 Å². The number of hydrogen-bond donors (Lipinski definition) is 0. The van der Waals surface area contributed by atoms with Crippen LogP contribution >= 0.6 is 0 Å². The first-order valence-electron chi connectivity index (χ1n) is 5.72. The van der Waals surface area contributed by atoms with Crippen LogP contribution in [0.2, 0.25) is 0 Å². The normalized spacial score (nSPS) is 9.67. The molecule has 0 fully saturated rings. The summed E-state index contributed by atoms with van der Waals surface area (Å²) in [6, 6.07) is 0. The molecule has 0 saturated heterocycles. The van der Waals surface area contributed by atoms with Crippen molar-refractivity contribution in [2.24, 2.45) is 0 Å². The van der Waals surface area contributed by atoms with Gasteiger partial charge in [-0.15, -0.1) is 0 Å². The van der Waals surface area contributed by atoms with Gasteiger partial charge in [-0.2, -0.15) is 0 Å². The van der Waals surface area contributed by atoms with Crippen molar-refractivity contribution in [1.82, 2.24) is 0 Å². The Bertz CT molecular complexity index is 206. The highest BCUT2D eigenvalue weighted by molar-refractivity contribution is 5.59. The summed E-state index contributed by atoms with van der Waals surface area (Å²) in [6.07, 6.45) is 0.971. The number of ether oxygens (including phenoxy) is 2. The lowest BCUT2D eigenvalue weighted by Gasteiger charge is -2.03. The Morgan fingerprint density at radius 3 is 1.50 bits per heavy atom. The lowest BCUT2D eigenvalue weighted by Crippen LogP contribution is -2.13. The minimum atomic E-state index is -1.09. The first-order chi connectivity index (χ1) is 8.70.